The Labute approximate surface area is 183 Å². The van der Waals surface area contributed by atoms with Crippen molar-refractivity contribution in [2.45, 2.75) is 13.8 Å². The second kappa shape index (κ2) is 12.6. The van der Waals surface area contributed by atoms with Gasteiger partial charge in [0.15, 0.2) is 0 Å². The normalized spacial score (nSPS) is 9.50. The van der Waals surface area contributed by atoms with Gasteiger partial charge in [0.2, 0.25) is 0 Å². The number of aromatic nitrogens is 2. The fraction of sp³-hybridized carbons (Fsp3) is 0.0833. The minimum Gasteiger partial charge on any atom is -0.423 e. The average Bonchev–Trinajstić information content (AvgIpc) is 2.78. The summed E-state index contributed by atoms with van der Waals surface area (Å²) in [5.74, 6) is 0. The van der Waals surface area contributed by atoms with Crippen LogP contribution >= 0.6 is 11.6 Å². The van der Waals surface area contributed by atoms with E-state index >= 15 is 0 Å². The van der Waals surface area contributed by atoms with E-state index in [9.17, 15) is 0 Å². The highest BCUT2D eigenvalue weighted by Crippen LogP contribution is 2.15. The standard InChI is InChI=1S/C12H11N.C6H7BO2.C6H6ClN/c1-10-7-8-12(13-9-10)11-5-3-2-4-6-11;8-7(9)6-4-2-1-3-5-6;1-5-2-3-6(7)8-4-5/h2-9H,1H3;1-5,8-9H;2-4H,1H3. The Kier molecular flexibility index (Phi) is 9.75. The molecule has 0 aliphatic rings. The monoisotopic (exact) mass is 418 g/mol. The summed E-state index contributed by atoms with van der Waals surface area (Å²) >= 11 is 5.50. The largest absolute Gasteiger partial charge is 0.488 e. The van der Waals surface area contributed by atoms with Gasteiger partial charge in [0.25, 0.3) is 0 Å². The van der Waals surface area contributed by atoms with Crippen molar-refractivity contribution in [2.24, 2.45) is 0 Å². The van der Waals surface area contributed by atoms with Crippen LogP contribution in [0.2, 0.25) is 5.15 Å². The van der Waals surface area contributed by atoms with Gasteiger partial charge < -0.3 is 10.0 Å². The minimum atomic E-state index is -1.34. The summed E-state index contributed by atoms with van der Waals surface area (Å²) < 4.78 is 0. The molecule has 0 amide bonds. The first-order chi connectivity index (χ1) is 14.5. The first-order valence-electron chi connectivity index (χ1n) is 9.43. The summed E-state index contributed by atoms with van der Waals surface area (Å²) in [6.45, 7) is 4.02. The topological polar surface area (TPSA) is 66.2 Å². The Hall–Kier alpha value is -2.99. The molecule has 0 unspecified atom stereocenters. The van der Waals surface area contributed by atoms with E-state index in [4.69, 9.17) is 21.6 Å². The van der Waals surface area contributed by atoms with Gasteiger partial charge in [0.1, 0.15) is 5.15 Å². The molecule has 2 aromatic heterocycles. The smallest absolute Gasteiger partial charge is 0.423 e. The molecule has 0 saturated heterocycles. The number of hydrogen-bond acceptors (Lipinski definition) is 4. The molecule has 4 rings (SSSR count). The van der Waals surface area contributed by atoms with Crippen molar-refractivity contribution in [1.29, 1.82) is 0 Å². The summed E-state index contributed by atoms with van der Waals surface area (Å²) in [6.07, 6.45) is 3.63. The van der Waals surface area contributed by atoms with Crippen molar-refractivity contribution in [1.82, 2.24) is 9.97 Å². The Morgan fingerprint density at radius 2 is 1.20 bits per heavy atom. The summed E-state index contributed by atoms with van der Waals surface area (Å²) in [7, 11) is -1.34. The lowest BCUT2D eigenvalue weighted by atomic mass is 9.81. The van der Waals surface area contributed by atoms with E-state index in [0.29, 0.717) is 10.6 Å². The van der Waals surface area contributed by atoms with E-state index in [1.54, 1.807) is 36.5 Å². The summed E-state index contributed by atoms with van der Waals surface area (Å²) in [4.78, 5) is 8.19. The van der Waals surface area contributed by atoms with Crippen LogP contribution in [-0.4, -0.2) is 27.1 Å². The van der Waals surface area contributed by atoms with Crippen LogP contribution in [0.1, 0.15) is 11.1 Å². The number of halogens is 1. The molecule has 4 aromatic rings. The highest BCUT2D eigenvalue weighted by molar-refractivity contribution is 6.58. The van der Waals surface area contributed by atoms with Gasteiger partial charge in [-0.2, -0.15) is 0 Å². The summed E-state index contributed by atoms with van der Waals surface area (Å²) in [5.41, 5.74) is 5.06. The third-order valence-corrected chi connectivity index (χ3v) is 4.18. The SMILES string of the molecule is Cc1ccc(-c2ccccc2)nc1.Cc1ccc(Cl)nc1.OB(O)c1ccccc1. The summed E-state index contributed by atoms with van der Waals surface area (Å²) in [5, 5.41) is 17.7. The van der Waals surface area contributed by atoms with Crippen molar-refractivity contribution in [3.05, 3.63) is 114 Å². The lowest BCUT2D eigenvalue weighted by Gasteiger charge is -1.99. The Morgan fingerprint density at radius 1 is 0.667 bits per heavy atom. The summed E-state index contributed by atoms with van der Waals surface area (Å²) in [6, 6.07) is 26.7. The molecule has 0 bridgehead atoms. The van der Waals surface area contributed by atoms with Crippen LogP contribution in [-0.2, 0) is 0 Å². The van der Waals surface area contributed by atoms with Gasteiger partial charge in [-0.1, -0.05) is 84.4 Å². The van der Waals surface area contributed by atoms with Gasteiger partial charge >= 0.3 is 7.12 Å². The highest BCUT2D eigenvalue weighted by atomic mass is 35.5. The first-order valence-corrected chi connectivity index (χ1v) is 9.81. The third-order valence-electron chi connectivity index (χ3n) is 3.95. The number of aryl methyl sites for hydroxylation is 2. The van der Waals surface area contributed by atoms with Gasteiger partial charge in [-0.15, -0.1) is 0 Å². The van der Waals surface area contributed by atoms with Gasteiger partial charge in [0.05, 0.1) is 5.69 Å². The number of nitrogens with zero attached hydrogens (tertiary/aromatic N) is 2. The lowest BCUT2D eigenvalue weighted by Crippen LogP contribution is -2.29. The lowest BCUT2D eigenvalue weighted by molar-refractivity contribution is 0.426. The Bertz CT molecular complexity index is 960. The molecule has 0 aliphatic carbocycles. The zero-order valence-corrected chi connectivity index (χ0v) is 17.7. The van der Waals surface area contributed by atoms with Gasteiger partial charge in [-0.3, -0.25) is 4.98 Å². The van der Waals surface area contributed by atoms with Crippen molar-refractivity contribution >= 4 is 24.2 Å². The van der Waals surface area contributed by atoms with E-state index in [1.165, 1.54) is 11.1 Å². The fourth-order valence-electron chi connectivity index (χ4n) is 2.32. The number of hydrogen-bond donors (Lipinski definition) is 2. The van der Waals surface area contributed by atoms with Crippen molar-refractivity contribution in [3.8, 4) is 11.3 Å². The Balaban J connectivity index is 0.000000167. The minimum absolute atomic E-state index is 0.525. The van der Waals surface area contributed by atoms with Crippen molar-refractivity contribution in [3.63, 3.8) is 0 Å². The number of pyridine rings is 2. The van der Waals surface area contributed by atoms with Crippen LogP contribution in [0.3, 0.4) is 0 Å². The van der Waals surface area contributed by atoms with E-state index in [2.05, 4.69) is 28.2 Å². The molecule has 0 aliphatic heterocycles. The number of benzene rings is 2. The predicted molar refractivity (Wildman–Crippen MR) is 125 cm³/mol. The van der Waals surface area contributed by atoms with Crippen LogP contribution < -0.4 is 5.46 Å². The van der Waals surface area contributed by atoms with E-state index in [0.717, 1.165) is 11.3 Å². The molecule has 2 N–H and O–H groups in total. The first kappa shape index (κ1) is 23.3. The van der Waals surface area contributed by atoms with Crippen molar-refractivity contribution < 1.29 is 10.0 Å². The molecule has 0 fully saturated rings. The molecule has 6 heteroatoms. The second-order valence-corrected chi connectivity index (χ2v) is 6.92. The quantitative estimate of drug-likeness (QED) is 0.372. The van der Waals surface area contributed by atoms with Crippen LogP contribution in [0.5, 0.6) is 0 Å². The predicted octanol–water partition coefficient (Wildman–Crippen LogP) is 4.47. The van der Waals surface area contributed by atoms with E-state index in [1.807, 2.05) is 56.4 Å². The van der Waals surface area contributed by atoms with Gasteiger partial charge in [-0.25, -0.2) is 4.98 Å². The molecular formula is C24H24BClN2O2. The maximum Gasteiger partial charge on any atom is 0.488 e. The highest BCUT2D eigenvalue weighted by Gasteiger charge is 2.07. The maximum atomic E-state index is 8.58. The molecule has 0 atom stereocenters. The molecule has 0 radical (unpaired) electrons. The van der Waals surface area contributed by atoms with Gasteiger partial charge in [-0.05, 0) is 42.6 Å². The van der Waals surface area contributed by atoms with E-state index < -0.39 is 7.12 Å². The zero-order chi connectivity index (χ0) is 21.8. The van der Waals surface area contributed by atoms with E-state index in [-0.39, 0.29) is 0 Å². The molecule has 0 spiro atoms. The molecule has 0 saturated carbocycles. The molecule has 4 nitrogen and oxygen atoms in total. The third kappa shape index (κ3) is 8.58. The Morgan fingerprint density at radius 3 is 1.60 bits per heavy atom. The average molecular weight is 419 g/mol. The van der Waals surface area contributed by atoms with Crippen LogP contribution in [0.25, 0.3) is 11.3 Å². The van der Waals surface area contributed by atoms with Crippen molar-refractivity contribution in [2.75, 3.05) is 0 Å². The molecular weight excluding hydrogens is 395 g/mol. The van der Waals surface area contributed by atoms with Crippen LogP contribution in [0.15, 0.2) is 97.3 Å². The zero-order valence-electron chi connectivity index (χ0n) is 17.0. The molecule has 2 heterocycles. The molecule has 152 valence electrons. The second-order valence-electron chi connectivity index (χ2n) is 6.53. The molecule has 30 heavy (non-hydrogen) atoms. The van der Waals surface area contributed by atoms with Crippen LogP contribution in [0, 0.1) is 13.8 Å². The van der Waals surface area contributed by atoms with Gasteiger partial charge in [0, 0.05) is 18.0 Å². The molecule has 2 aromatic carbocycles. The number of rotatable bonds is 2. The fourth-order valence-corrected chi connectivity index (χ4v) is 2.43. The maximum absolute atomic E-state index is 8.58. The van der Waals surface area contributed by atoms with Crippen LogP contribution in [0.4, 0.5) is 0 Å².